The molecule has 140 valence electrons. The summed E-state index contributed by atoms with van der Waals surface area (Å²) in [4.78, 5) is 11.6. The van der Waals surface area contributed by atoms with Crippen molar-refractivity contribution in [3.8, 4) is 22.7 Å². The SMILES string of the molecule is COc1ccc(-n2cc(-c3ccnc(N4CCCC(C)C4)n3)c(C)n2)cc1. The third-order valence-electron chi connectivity index (χ3n) is 5.09. The zero-order valence-corrected chi connectivity index (χ0v) is 16.1. The number of hydrogen-bond donors (Lipinski definition) is 0. The van der Waals surface area contributed by atoms with Gasteiger partial charge < -0.3 is 9.64 Å². The Morgan fingerprint density at radius 3 is 2.70 bits per heavy atom. The molecule has 0 radical (unpaired) electrons. The highest BCUT2D eigenvalue weighted by molar-refractivity contribution is 5.62. The minimum absolute atomic E-state index is 0.686. The summed E-state index contributed by atoms with van der Waals surface area (Å²) in [6.07, 6.45) is 6.36. The molecular weight excluding hydrogens is 338 g/mol. The van der Waals surface area contributed by atoms with E-state index in [0.717, 1.165) is 47.4 Å². The van der Waals surface area contributed by atoms with Gasteiger partial charge in [-0.1, -0.05) is 6.92 Å². The molecule has 1 aliphatic rings. The van der Waals surface area contributed by atoms with Gasteiger partial charge in [-0.25, -0.2) is 14.6 Å². The maximum Gasteiger partial charge on any atom is 0.225 e. The van der Waals surface area contributed by atoms with Crippen LogP contribution in [0, 0.1) is 12.8 Å². The number of benzene rings is 1. The summed E-state index contributed by atoms with van der Waals surface area (Å²) in [7, 11) is 1.67. The number of aryl methyl sites for hydroxylation is 1. The molecule has 2 aromatic heterocycles. The number of rotatable bonds is 4. The molecule has 0 amide bonds. The van der Waals surface area contributed by atoms with Crippen LogP contribution in [0.4, 0.5) is 5.95 Å². The predicted octanol–water partition coefficient (Wildman–Crippen LogP) is 3.88. The standard InChI is InChI=1S/C21H25N5O/c1-15-5-4-12-25(13-15)21-22-11-10-20(23-21)19-14-26(24-16(19)2)17-6-8-18(27-3)9-7-17/h6-11,14-15H,4-5,12-13H2,1-3H3. The van der Waals surface area contributed by atoms with Crippen LogP contribution in [0.2, 0.25) is 0 Å². The van der Waals surface area contributed by atoms with Crippen molar-refractivity contribution in [1.82, 2.24) is 19.7 Å². The van der Waals surface area contributed by atoms with Gasteiger partial charge in [-0.3, -0.25) is 0 Å². The van der Waals surface area contributed by atoms with E-state index in [1.807, 2.05) is 54.3 Å². The molecule has 0 saturated carbocycles. The summed E-state index contributed by atoms with van der Waals surface area (Å²) in [6.45, 7) is 6.35. The average Bonchev–Trinajstić information content (AvgIpc) is 3.10. The van der Waals surface area contributed by atoms with E-state index in [1.165, 1.54) is 12.8 Å². The number of aromatic nitrogens is 4. The first-order valence-electron chi connectivity index (χ1n) is 9.43. The van der Waals surface area contributed by atoms with Crippen molar-refractivity contribution in [3.63, 3.8) is 0 Å². The Balaban J connectivity index is 1.63. The summed E-state index contributed by atoms with van der Waals surface area (Å²) in [5.74, 6) is 2.33. The third kappa shape index (κ3) is 3.65. The topological polar surface area (TPSA) is 56.1 Å². The lowest BCUT2D eigenvalue weighted by molar-refractivity contribution is 0.414. The van der Waals surface area contributed by atoms with Crippen molar-refractivity contribution in [2.24, 2.45) is 5.92 Å². The van der Waals surface area contributed by atoms with Gasteiger partial charge in [0.15, 0.2) is 0 Å². The quantitative estimate of drug-likeness (QED) is 0.704. The van der Waals surface area contributed by atoms with Crippen molar-refractivity contribution in [1.29, 1.82) is 0 Å². The maximum absolute atomic E-state index is 5.23. The van der Waals surface area contributed by atoms with Crippen molar-refractivity contribution in [3.05, 3.63) is 48.4 Å². The molecule has 0 N–H and O–H groups in total. The highest BCUT2D eigenvalue weighted by atomic mass is 16.5. The first-order chi connectivity index (χ1) is 13.1. The van der Waals surface area contributed by atoms with Crippen LogP contribution < -0.4 is 9.64 Å². The summed E-state index contributed by atoms with van der Waals surface area (Å²) >= 11 is 0. The van der Waals surface area contributed by atoms with Crippen LogP contribution in [0.15, 0.2) is 42.7 Å². The molecule has 0 aliphatic carbocycles. The predicted molar refractivity (Wildman–Crippen MR) is 106 cm³/mol. The van der Waals surface area contributed by atoms with E-state index in [-0.39, 0.29) is 0 Å². The van der Waals surface area contributed by atoms with Gasteiger partial charge in [-0.05, 0) is 56.0 Å². The molecule has 3 aromatic rings. The fourth-order valence-electron chi connectivity index (χ4n) is 3.60. The highest BCUT2D eigenvalue weighted by Crippen LogP contribution is 2.26. The summed E-state index contributed by atoms with van der Waals surface area (Å²) < 4.78 is 7.11. The van der Waals surface area contributed by atoms with Gasteiger partial charge in [-0.15, -0.1) is 0 Å². The summed E-state index contributed by atoms with van der Waals surface area (Å²) in [5.41, 5.74) is 3.88. The number of nitrogens with zero attached hydrogens (tertiary/aromatic N) is 5. The van der Waals surface area contributed by atoms with Gasteiger partial charge in [0, 0.05) is 31.0 Å². The van der Waals surface area contributed by atoms with Crippen LogP contribution in [-0.4, -0.2) is 39.9 Å². The molecular formula is C21H25N5O. The van der Waals surface area contributed by atoms with Crippen LogP contribution in [0.1, 0.15) is 25.5 Å². The molecule has 6 nitrogen and oxygen atoms in total. The molecule has 3 heterocycles. The zero-order valence-electron chi connectivity index (χ0n) is 16.1. The van der Waals surface area contributed by atoms with Gasteiger partial charge >= 0.3 is 0 Å². The number of anilines is 1. The lowest BCUT2D eigenvalue weighted by atomic mass is 10.0. The van der Waals surface area contributed by atoms with Crippen LogP contribution >= 0.6 is 0 Å². The molecule has 1 fully saturated rings. The van der Waals surface area contributed by atoms with E-state index < -0.39 is 0 Å². The molecule has 0 bridgehead atoms. The minimum Gasteiger partial charge on any atom is -0.497 e. The number of methoxy groups -OCH3 is 1. The zero-order chi connectivity index (χ0) is 18.8. The second-order valence-electron chi connectivity index (χ2n) is 7.21. The Kier molecular flexibility index (Phi) is 4.79. The number of ether oxygens (including phenoxy) is 1. The van der Waals surface area contributed by atoms with Crippen molar-refractivity contribution < 1.29 is 4.74 Å². The molecule has 1 atom stereocenters. The van der Waals surface area contributed by atoms with E-state index in [0.29, 0.717) is 5.92 Å². The largest absolute Gasteiger partial charge is 0.497 e. The first kappa shape index (κ1) is 17.5. The van der Waals surface area contributed by atoms with E-state index in [1.54, 1.807) is 7.11 Å². The van der Waals surface area contributed by atoms with Crippen molar-refractivity contribution >= 4 is 5.95 Å². The van der Waals surface area contributed by atoms with Gasteiger partial charge in [0.05, 0.1) is 24.2 Å². The molecule has 6 heteroatoms. The molecule has 1 unspecified atom stereocenters. The van der Waals surface area contributed by atoms with E-state index in [2.05, 4.69) is 21.9 Å². The van der Waals surface area contributed by atoms with E-state index in [9.17, 15) is 0 Å². The monoisotopic (exact) mass is 363 g/mol. The van der Waals surface area contributed by atoms with Crippen LogP contribution in [0.5, 0.6) is 5.75 Å². The fourth-order valence-corrected chi connectivity index (χ4v) is 3.60. The van der Waals surface area contributed by atoms with Gasteiger partial charge in [0.2, 0.25) is 5.95 Å². The summed E-state index contributed by atoms with van der Waals surface area (Å²) in [5, 5.41) is 4.67. The first-order valence-corrected chi connectivity index (χ1v) is 9.43. The third-order valence-corrected chi connectivity index (χ3v) is 5.09. The van der Waals surface area contributed by atoms with Crippen molar-refractivity contribution in [2.45, 2.75) is 26.7 Å². The number of piperidine rings is 1. The van der Waals surface area contributed by atoms with Gasteiger partial charge in [0.25, 0.3) is 0 Å². The normalized spacial score (nSPS) is 17.1. The Labute approximate surface area is 159 Å². The maximum atomic E-state index is 5.23. The van der Waals surface area contributed by atoms with Gasteiger partial charge in [0.1, 0.15) is 5.75 Å². The van der Waals surface area contributed by atoms with Crippen LogP contribution in [0.25, 0.3) is 16.9 Å². The fraction of sp³-hybridized carbons (Fsp3) is 0.381. The Morgan fingerprint density at radius 1 is 1.15 bits per heavy atom. The van der Waals surface area contributed by atoms with E-state index >= 15 is 0 Å². The van der Waals surface area contributed by atoms with Crippen molar-refractivity contribution in [2.75, 3.05) is 25.1 Å². The number of hydrogen-bond acceptors (Lipinski definition) is 5. The lowest BCUT2D eigenvalue weighted by Gasteiger charge is -2.30. The van der Waals surface area contributed by atoms with E-state index in [4.69, 9.17) is 9.72 Å². The minimum atomic E-state index is 0.686. The molecule has 0 spiro atoms. The summed E-state index contributed by atoms with van der Waals surface area (Å²) in [6, 6.07) is 9.82. The highest BCUT2D eigenvalue weighted by Gasteiger charge is 2.19. The molecule has 4 rings (SSSR count). The molecule has 1 saturated heterocycles. The van der Waals surface area contributed by atoms with Crippen LogP contribution in [0.3, 0.4) is 0 Å². The Morgan fingerprint density at radius 2 is 1.96 bits per heavy atom. The van der Waals surface area contributed by atoms with Gasteiger partial charge in [-0.2, -0.15) is 5.10 Å². The Bertz CT molecular complexity index is 919. The second kappa shape index (κ2) is 7.39. The van der Waals surface area contributed by atoms with Crippen LogP contribution in [-0.2, 0) is 0 Å². The second-order valence-corrected chi connectivity index (χ2v) is 7.21. The molecule has 27 heavy (non-hydrogen) atoms. The molecule has 1 aliphatic heterocycles. The smallest absolute Gasteiger partial charge is 0.225 e. The Hall–Kier alpha value is -2.89. The lowest BCUT2D eigenvalue weighted by Crippen LogP contribution is -2.35. The molecule has 1 aromatic carbocycles. The average molecular weight is 363 g/mol.